The number of amides is 1. The predicted molar refractivity (Wildman–Crippen MR) is 66.5 cm³/mol. The molecule has 98 valence electrons. The van der Waals surface area contributed by atoms with E-state index < -0.39 is 5.82 Å². The molecule has 1 unspecified atom stereocenters. The van der Waals surface area contributed by atoms with Gasteiger partial charge in [-0.1, -0.05) is 0 Å². The maximum Gasteiger partial charge on any atom is 0.255 e. The van der Waals surface area contributed by atoms with Crippen LogP contribution in [-0.2, 0) is 0 Å². The number of carbonyl (C=O) groups is 1. The first-order valence-electron chi connectivity index (χ1n) is 6.23. The van der Waals surface area contributed by atoms with Crippen LogP contribution in [0.4, 0.5) is 4.39 Å². The molecule has 1 aliphatic heterocycles. The molecule has 2 heterocycles. The van der Waals surface area contributed by atoms with Crippen LogP contribution in [0.2, 0.25) is 0 Å². The highest BCUT2D eigenvalue weighted by Crippen LogP contribution is 2.20. The lowest BCUT2D eigenvalue weighted by atomic mass is 9.91. The fourth-order valence-electron chi connectivity index (χ4n) is 2.34. The lowest BCUT2D eigenvalue weighted by molar-refractivity contribution is 0.0680. The van der Waals surface area contributed by atoms with Gasteiger partial charge in [-0.15, -0.1) is 0 Å². The largest absolute Gasteiger partial charge is 0.339 e. The molecule has 2 rings (SSSR count). The van der Waals surface area contributed by atoms with Crippen molar-refractivity contribution in [1.29, 1.82) is 0 Å². The van der Waals surface area contributed by atoms with E-state index in [1.165, 1.54) is 12.3 Å². The Morgan fingerprint density at radius 1 is 1.50 bits per heavy atom. The zero-order chi connectivity index (χ0) is 13.1. The van der Waals surface area contributed by atoms with Crippen LogP contribution in [0, 0.1) is 11.7 Å². The molecule has 1 saturated heterocycles. The van der Waals surface area contributed by atoms with Crippen LogP contribution < -0.4 is 5.73 Å². The van der Waals surface area contributed by atoms with Crippen molar-refractivity contribution in [2.24, 2.45) is 11.7 Å². The first kappa shape index (κ1) is 13.0. The summed E-state index contributed by atoms with van der Waals surface area (Å²) >= 11 is 0. The zero-order valence-electron chi connectivity index (χ0n) is 10.5. The summed E-state index contributed by atoms with van der Waals surface area (Å²) in [6, 6.07) is 1.39. The lowest BCUT2D eigenvalue weighted by Crippen LogP contribution is -2.42. The average molecular weight is 251 g/mol. The van der Waals surface area contributed by atoms with E-state index >= 15 is 0 Å². The van der Waals surface area contributed by atoms with Crippen molar-refractivity contribution < 1.29 is 9.18 Å². The fraction of sp³-hybridized carbons (Fsp3) is 0.538. The number of nitrogens with zero attached hydrogens (tertiary/aromatic N) is 2. The summed E-state index contributed by atoms with van der Waals surface area (Å²) in [7, 11) is 0. The quantitative estimate of drug-likeness (QED) is 0.864. The Hall–Kier alpha value is -1.49. The highest BCUT2D eigenvalue weighted by atomic mass is 19.1. The molecule has 0 radical (unpaired) electrons. The summed E-state index contributed by atoms with van der Waals surface area (Å²) in [5.74, 6) is -0.156. The number of aromatic nitrogens is 1. The van der Waals surface area contributed by atoms with Gasteiger partial charge in [0.05, 0.1) is 11.8 Å². The van der Waals surface area contributed by atoms with Gasteiger partial charge < -0.3 is 10.6 Å². The summed E-state index contributed by atoms with van der Waals surface area (Å²) in [5.41, 5.74) is 6.17. The third kappa shape index (κ3) is 2.85. The number of halogens is 1. The molecule has 4 nitrogen and oxygen atoms in total. The van der Waals surface area contributed by atoms with Crippen LogP contribution >= 0.6 is 0 Å². The zero-order valence-corrected chi connectivity index (χ0v) is 10.5. The van der Waals surface area contributed by atoms with E-state index in [1.54, 1.807) is 4.90 Å². The number of pyridine rings is 1. The Kier molecular flexibility index (Phi) is 3.91. The van der Waals surface area contributed by atoms with E-state index in [-0.39, 0.29) is 11.9 Å². The van der Waals surface area contributed by atoms with Crippen LogP contribution in [0.3, 0.4) is 0 Å². The van der Waals surface area contributed by atoms with Crippen LogP contribution in [-0.4, -0.2) is 34.9 Å². The monoisotopic (exact) mass is 251 g/mol. The van der Waals surface area contributed by atoms with Crippen molar-refractivity contribution in [3.05, 3.63) is 29.8 Å². The Morgan fingerprint density at radius 3 is 2.72 bits per heavy atom. The van der Waals surface area contributed by atoms with E-state index in [9.17, 15) is 9.18 Å². The topological polar surface area (TPSA) is 59.2 Å². The minimum Gasteiger partial charge on any atom is -0.339 e. The first-order chi connectivity index (χ1) is 8.58. The van der Waals surface area contributed by atoms with E-state index in [4.69, 9.17) is 5.73 Å². The third-order valence-corrected chi connectivity index (χ3v) is 3.52. The second kappa shape index (κ2) is 5.44. The van der Waals surface area contributed by atoms with Crippen molar-refractivity contribution in [2.45, 2.75) is 25.8 Å². The molecule has 0 aromatic carbocycles. The number of likely N-dealkylation sites (tertiary alicyclic amines) is 1. The molecule has 1 atom stereocenters. The molecule has 1 aromatic heterocycles. The molecule has 0 spiro atoms. The van der Waals surface area contributed by atoms with E-state index in [0.717, 1.165) is 19.0 Å². The SMILES string of the molecule is CC(N)C1CCN(C(=O)c2cncc(F)c2)CC1. The normalized spacial score (nSPS) is 18.7. The molecule has 1 aliphatic rings. The van der Waals surface area contributed by atoms with Crippen LogP contribution in [0.15, 0.2) is 18.5 Å². The van der Waals surface area contributed by atoms with Crippen LogP contribution in [0.25, 0.3) is 0 Å². The van der Waals surface area contributed by atoms with Crippen LogP contribution in [0.5, 0.6) is 0 Å². The van der Waals surface area contributed by atoms with E-state index in [1.807, 2.05) is 6.92 Å². The summed E-state index contributed by atoms with van der Waals surface area (Å²) in [4.78, 5) is 17.6. The fourth-order valence-corrected chi connectivity index (χ4v) is 2.34. The molecule has 18 heavy (non-hydrogen) atoms. The Labute approximate surface area is 106 Å². The van der Waals surface area contributed by atoms with Gasteiger partial charge in [-0.05, 0) is 31.7 Å². The van der Waals surface area contributed by atoms with Gasteiger partial charge in [0, 0.05) is 25.3 Å². The molecule has 1 amide bonds. The van der Waals surface area contributed by atoms with Crippen molar-refractivity contribution >= 4 is 5.91 Å². The van der Waals surface area contributed by atoms with E-state index in [2.05, 4.69) is 4.98 Å². The van der Waals surface area contributed by atoms with Gasteiger partial charge in [0.25, 0.3) is 5.91 Å². The number of rotatable bonds is 2. The maximum absolute atomic E-state index is 13.0. The summed E-state index contributed by atoms with van der Waals surface area (Å²) < 4.78 is 13.0. The molecule has 1 fully saturated rings. The van der Waals surface area contributed by atoms with Gasteiger partial charge in [0.1, 0.15) is 5.82 Å². The van der Waals surface area contributed by atoms with Crippen molar-refractivity contribution in [2.75, 3.05) is 13.1 Å². The highest BCUT2D eigenvalue weighted by Gasteiger charge is 2.25. The number of carbonyl (C=O) groups excluding carboxylic acids is 1. The molecule has 2 N–H and O–H groups in total. The standard InChI is InChI=1S/C13H18FN3O/c1-9(15)10-2-4-17(5-3-10)13(18)11-6-12(14)8-16-7-11/h6-10H,2-5,15H2,1H3. The number of piperidine rings is 1. The number of hydrogen-bond acceptors (Lipinski definition) is 3. The second-order valence-electron chi connectivity index (χ2n) is 4.88. The van der Waals surface area contributed by atoms with Gasteiger partial charge in [-0.25, -0.2) is 4.39 Å². The Morgan fingerprint density at radius 2 is 2.17 bits per heavy atom. The number of nitrogens with two attached hydrogens (primary N) is 1. The summed E-state index contributed by atoms with van der Waals surface area (Å²) in [6.07, 6.45) is 4.32. The minimum absolute atomic E-state index is 0.148. The van der Waals surface area contributed by atoms with Gasteiger partial charge in [0.15, 0.2) is 0 Å². The van der Waals surface area contributed by atoms with Gasteiger partial charge in [-0.3, -0.25) is 9.78 Å². The third-order valence-electron chi connectivity index (χ3n) is 3.52. The molecular weight excluding hydrogens is 233 g/mol. The van der Waals surface area contributed by atoms with Crippen LogP contribution in [0.1, 0.15) is 30.1 Å². The smallest absolute Gasteiger partial charge is 0.255 e. The first-order valence-corrected chi connectivity index (χ1v) is 6.23. The summed E-state index contributed by atoms with van der Waals surface area (Å²) in [6.45, 7) is 3.36. The Bertz CT molecular complexity index is 428. The molecule has 0 aliphatic carbocycles. The van der Waals surface area contributed by atoms with E-state index in [0.29, 0.717) is 24.6 Å². The minimum atomic E-state index is -0.480. The van der Waals surface area contributed by atoms with Gasteiger partial charge in [-0.2, -0.15) is 0 Å². The molecule has 5 heteroatoms. The molecular formula is C13H18FN3O. The second-order valence-corrected chi connectivity index (χ2v) is 4.88. The maximum atomic E-state index is 13.0. The molecule has 1 aromatic rings. The van der Waals surface area contributed by atoms with Crippen molar-refractivity contribution in [3.63, 3.8) is 0 Å². The highest BCUT2D eigenvalue weighted by molar-refractivity contribution is 5.93. The average Bonchev–Trinajstić information content (AvgIpc) is 2.38. The molecule has 0 bridgehead atoms. The lowest BCUT2D eigenvalue weighted by Gasteiger charge is -2.33. The van der Waals surface area contributed by atoms with Crippen molar-refractivity contribution in [3.8, 4) is 0 Å². The van der Waals surface area contributed by atoms with Crippen molar-refractivity contribution in [1.82, 2.24) is 9.88 Å². The molecule has 0 saturated carbocycles. The Balaban J connectivity index is 1.99. The summed E-state index contributed by atoms with van der Waals surface area (Å²) in [5, 5.41) is 0. The van der Waals surface area contributed by atoms with Gasteiger partial charge >= 0.3 is 0 Å². The van der Waals surface area contributed by atoms with Gasteiger partial charge in [0.2, 0.25) is 0 Å². The predicted octanol–water partition coefficient (Wildman–Crippen LogP) is 1.42. The number of hydrogen-bond donors (Lipinski definition) is 1.